The van der Waals surface area contributed by atoms with E-state index in [0.29, 0.717) is 11.9 Å². The van der Waals surface area contributed by atoms with Crippen LogP contribution in [0.25, 0.3) is 0 Å². The number of halogens is 1. The molecule has 0 aromatic carbocycles. The van der Waals surface area contributed by atoms with Crippen molar-refractivity contribution in [2.45, 2.75) is 31.2 Å². The molecule has 0 spiro atoms. The van der Waals surface area contributed by atoms with E-state index in [1.165, 1.54) is 19.3 Å². The predicted octanol–water partition coefficient (Wildman–Crippen LogP) is 1.14. The fraction of sp³-hybridized carbons (Fsp3) is 0.833. The minimum atomic E-state index is 0.406. The predicted molar refractivity (Wildman–Crippen MR) is 40.3 cm³/mol. The van der Waals surface area contributed by atoms with Crippen molar-refractivity contribution >= 4 is 11.6 Å². The third-order valence-electron chi connectivity index (χ3n) is 2.10. The summed E-state index contributed by atoms with van der Waals surface area (Å²) in [5.74, 6) is 1.19. The highest BCUT2D eigenvalue weighted by atomic mass is 35.5. The zero-order chi connectivity index (χ0) is 7.68. The second kappa shape index (κ2) is 2.77. The van der Waals surface area contributed by atoms with Gasteiger partial charge in [-0.3, -0.25) is 0 Å². The Kier molecular flexibility index (Phi) is 1.77. The van der Waals surface area contributed by atoms with Gasteiger partial charge in [-0.1, -0.05) is 0 Å². The molecule has 2 rings (SSSR count). The monoisotopic (exact) mass is 172 g/mol. The summed E-state index contributed by atoms with van der Waals surface area (Å²) in [5.41, 5.74) is 0. The highest BCUT2D eigenvalue weighted by molar-refractivity contribution is 6.16. The van der Waals surface area contributed by atoms with Gasteiger partial charge in [0, 0.05) is 0 Å². The number of nitrogens with zero attached hydrogens (tertiary/aromatic N) is 4. The molecule has 0 bridgehead atoms. The van der Waals surface area contributed by atoms with Crippen molar-refractivity contribution < 1.29 is 0 Å². The van der Waals surface area contributed by atoms with Crippen molar-refractivity contribution in [2.75, 3.05) is 0 Å². The van der Waals surface area contributed by atoms with Crippen LogP contribution >= 0.6 is 11.6 Å². The van der Waals surface area contributed by atoms with Gasteiger partial charge in [0.2, 0.25) is 0 Å². The SMILES string of the molecule is ClCc1nnnn1C1CCC1. The number of aromatic nitrogens is 4. The van der Waals surface area contributed by atoms with Crippen LogP contribution in [-0.4, -0.2) is 20.2 Å². The van der Waals surface area contributed by atoms with Crippen molar-refractivity contribution in [2.24, 2.45) is 0 Å². The molecule has 0 saturated heterocycles. The summed E-state index contributed by atoms with van der Waals surface area (Å²) < 4.78 is 1.84. The summed E-state index contributed by atoms with van der Waals surface area (Å²) in [6.07, 6.45) is 3.66. The maximum absolute atomic E-state index is 5.64. The molecule has 0 aliphatic heterocycles. The molecule has 5 heteroatoms. The first kappa shape index (κ1) is 7.03. The van der Waals surface area contributed by atoms with Crippen LogP contribution in [0.1, 0.15) is 31.1 Å². The molecule has 4 nitrogen and oxygen atoms in total. The lowest BCUT2D eigenvalue weighted by atomic mass is 9.93. The maximum Gasteiger partial charge on any atom is 0.166 e. The fourth-order valence-corrected chi connectivity index (χ4v) is 1.39. The second-order valence-electron chi connectivity index (χ2n) is 2.76. The molecule has 0 atom stereocenters. The Bertz CT molecular complexity index is 242. The van der Waals surface area contributed by atoms with Crippen molar-refractivity contribution in [3.63, 3.8) is 0 Å². The van der Waals surface area contributed by atoms with E-state index < -0.39 is 0 Å². The van der Waals surface area contributed by atoms with Crippen molar-refractivity contribution in [1.29, 1.82) is 0 Å². The quantitative estimate of drug-likeness (QED) is 0.629. The molecule has 60 valence electrons. The third-order valence-corrected chi connectivity index (χ3v) is 2.34. The van der Waals surface area contributed by atoms with Crippen LogP contribution in [0.4, 0.5) is 0 Å². The number of hydrogen-bond acceptors (Lipinski definition) is 3. The average molecular weight is 173 g/mol. The Hall–Kier alpha value is -0.640. The first-order valence-corrected chi connectivity index (χ1v) is 4.28. The molecular weight excluding hydrogens is 164 g/mol. The van der Waals surface area contributed by atoms with Crippen LogP contribution in [0.3, 0.4) is 0 Å². The van der Waals surface area contributed by atoms with Gasteiger partial charge in [-0.05, 0) is 29.7 Å². The Balaban J connectivity index is 2.20. The minimum absolute atomic E-state index is 0.406. The van der Waals surface area contributed by atoms with Crippen LogP contribution in [0.15, 0.2) is 0 Å². The van der Waals surface area contributed by atoms with Gasteiger partial charge in [-0.2, -0.15) is 0 Å². The lowest BCUT2D eigenvalue weighted by molar-refractivity contribution is 0.279. The number of rotatable bonds is 2. The summed E-state index contributed by atoms with van der Waals surface area (Å²) in [6.45, 7) is 0. The number of tetrazole rings is 1. The lowest BCUT2D eigenvalue weighted by Gasteiger charge is -2.25. The first-order valence-electron chi connectivity index (χ1n) is 3.74. The molecule has 1 aromatic heterocycles. The third kappa shape index (κ3) is 1.11. The molecule has 11 heavy (non-hydrogen) atoms. The first-order chi connectivity index (χ1) is 5.42. The average Bonchev–Trinajstić information content (AvgIpc) is 2.32. The van der Waals surface area contributed by atoms with E-state index in [-0.39, 0.29) is 0 Å². The molecule has 0 unspecified atom stereocenters. The van der Waals surface area contributed by atoms with Crippen LogP contribution in [-0.2, 0) is 5.88 Å². The molecule has 0 amide bonds. The van der Waals surface area contributed by atoms with Gasteiger partial charge >= 0.3 is 0 Å². The van der Waals surface area contributed by atoms with E-state index in [2.05, 4.69) is 15.5 Å². The van der Waals surface area contributed by atoms with Crippen LogP contribution in [0.5, 0.6) is 0 Å². The maximum atomic E-state index is 5.64. The molecule has 1 heterocycles. The van der Waals surface area contributed by atoms with Gasteiger partial charge in [0.25, 0.3) is 0 Å². The molecule has 0 radical (unpaired) electrons. The van der Waals surface area contributed by atoms with E-state index in [1.54, 1.807) is 0 Å². The smallest absolute Gasteiger partial charge is 0.166 e. The largest absolute Gasteiger partial charge is 0.225 e. The standard InChI is InChI=1S/C6H9ClN4/c7-4-6-8-9-10-11(6)5-2-1-3-5/h5H,1-4H2. The van der Waals surface area contributed by atoms with Gasteiger partial charge in [0.05, 0.1) is 11.9 Å². The van der Waals surface area contributed by atoms with Gasteiger partial charge < -0.3 is 0 Å². The summed E-state index contributed by atoms with van der Waals surface area (Å²) in [4.78, 5) is 0. The van der Waals surface area contributed by atoms with Gasteiger partial charge in [-0.25, -0.2) is 4.68 Å². The van der Waals surface area contributed by atoms with E-state index in [0.717, 1.165) is 5.82 Å². The summed E-state index contributed by atoms with van der Waals surface area (Å²) >= 11 is 5.64. The van der Waals surface area contributed by atoms with Gasteiger partial charge in [0.1, 0.15) is 0 Å². The zero-order valence-corrected chi connectivity index (χ0v) is 6.83. The van der Waals surface area contributed by atoms with Crippen LogP contribution in [0.2, 0.25) is 0 Å². The van der Waals surface area contributed by atoms with Crippen molar-refractivity contribution in [3.05, 3.63) is 5.82 Å². The normalized spacial score (nSPS) is 18.3. The highest BCUT2D eigenvalue weighted by Gasteiger charge is 2.22. The topological polar surface area (TPSA) is 43.6 Å². The van der Waals surface area contributed by atoms with E-state index >= 15 is 0 Å². The van der Waals surface area contributed by atoms with Crippen LogP contribution < -0.4 is 0 Å². The number of hydrogen-bond donors (Lipinski definition) is 0. The van der Waals surface area contributed by atoms with Crippen LogP contribution in [0, 0.1) is 0 Å². The number of alkyl halides is 1. The lowest BCUT2D eigenvalue weighted by Crippen LogP contribution is -2.20. The van der Waals surface area contributed by atoms with E-state index in [9.17, 15) is 0 Å². The molecular formula is C6H9ClN4. The van der Waals surface area contributed by atoms with Gasteiger partial charge in [-0.15, -0.1) is 16.7 Å². The Labute approximate surface area is 69.5 Å². The van der Waals surface area contributed by atoms with Gasteiger partial charge in [0.15, 0.2) is 5.82 Å². The van der Waals surface area contributed by atoms with E-state index in [1.807, 2.05) is 4.68 Å². The second-order valence-corrected chi connectivity index (χ2v) is 3.03. The Morgan fingerprint density at radius 2 is 2.36 bits per heavy atom. The summed E-state index contributed by atoms with van der Waals surface area (Å²) in [6, 6.07) is 0.513. The Morgan fingerprint density at radius 1 is 1.55 bits per heavy atom. The minimum Gasteiger partial charge on any atom is -0.225 e. The molecule has 0 N–H and O–H groups in total. The summed E-state index contributed by atoms with van der Waals surface area (Å²) in [5, 5.41) is 11.3. The molecule has 1 aliphatic rings. The summed E-state index contributed by atoms with van der Waals surface area (Å²) in [7, 11) is 0. The Morgan fingerprint density at radius 3 is 2.91 bits per heavy atom. The zero-order valence-electron chi connectivity index (χ0n) is 6.07. The highest BCUT2D eigenvalue weighted by Crippen LogP contribution is 2.31. The molecule has 1 saturated carbocycles. The van der Waals surface area contributed by atoms with Crippen molar-refractivity contribution in [1.82, 2.24) is 20.2 Å². The fourth-order valence-electron chi connectivity index (χ4n) is 1.22. The molecule has 1 aromatic rings. The molecule has 1 fully saturated rings. The van der Waals surface area contributed by atoms with E-state index in [4.69, 9.17) is 11.6 Å². The van der Waals surface area contributed by atoms with Crippen molar-refractivity contribution in [3.8, 4) is 0 Å². The molecule has 1 aliphatic carbocycles.